The van der Waals surface area contributed by atoms with Crippen molar-refractivity contribution in [2.24, 2.45) is 5.92 Å². The van der Waals surface area contributed by atoms with Crippen molar-refractivity contribution < 1.29 is 9.90 Å². The Balaban J connectivity index is 1.98. The summed E-state index contributed by atoms with van der Waals surface area (Å²) in [4.78, 5) is 29.8. The van der Waals surface area contributed by atoms with Gasteiger partial charge in [-0.1, -0.05) is 19.9 Å². The molecule has 140 valence electrons. The van der Waals surface area contributed by atoms with E-state index >= 15 is 0 Å². The van der Waals surface area contributed by atoms with E-state index in [9.17, 15) is 14.7 Å². The van der Waals surface area contributed by atoms with Gasteiger partial charge in [0.25, 0.3) is 11.5 Å². The summed E-state index contributed by atoms with van der Waals surface area (Å²) in [6, 6.07) is 5.53. The largest absolute Gasteiger partial charge is 0.494 e. The Morgan fingerprint density at radius 2 is 2.15 bits per heavy atom. The molecule has 3 aromatic heterocycles. The maximum atomic E-state index is 12.9. The molecular formula is C19H21N5O3. The van der Waals surface area contributed by atoms with E-state index in [0.29, 0.717) is 23.4 Å². The summed E-state index contributed by atoms with van der Waals surface area (Å²) in [5.41, 5.74) is 0.776. The monoisotopic (exact) mass is 367 g/mol. The van der Waals surface area contributed by atoms with E-state index in [0.717, 1.165) is 12.8 Å². The fourth-order valence-electron chi connectivity index (χ4n) is 3.11. The first-order chi connectivity index (χ1) is 13.0. The summed E-state index contributed by atoms with van der Waals surface area (Å²) in [6.45, 7) is 4.41. The van der Waals surface area contributed by atoms with E-state index in [1.54, 1.807) is 16.8 Å². The van der Waals surface area contributed by atoms with Crippen LogP contribution in [0.4, 0.5) is 0 Å². The summed E-state index contributed by atoms with van der Waals surface area (Å²) >= 11 is 0. The second-order valence-electron chi connectivity index (χ2n) is 7.26. The second kappa shape index (κ2) is 6.53. The van der Waals surface area contributed by atoms with Crippen molar-refractivity contribution in [2.75, 3.05) is 0 Å². The van der Waals surface area contributed by atoms with Gasteiger partial charge in [0, 0.05) is 18.8 Å². The van der Waals surface area contributed by atoms with E-state index in [-0.39, 0.29) is 23.4 Å². The topological polar surface area (TPSA) is 102 Å². The van der Waals surface area contributed by atoms with E-state index in [2.05, 4.69) is 15.4 Å². The number of hydrogen-bond acceptors (Lipinski definition) is 5. The summed E-state index contributed by atoms with van der Waals surface area (Å²) in [5, 5.41) is 17.8. The molecule has 0 spiro atoms. The maximum Gasteiger partial charge on any atom is 0.291 e. The van der Waals surface area contributed by atoms with Gasteiger partial charge in [-0.2, -0.15) is 9.61 Å². The highest BCUT2D eigenvalue weighted by Crippen LogP contribution is 2.28. The normalized spacial score (nSPS) is 14.0. The molecule has 4 rings (SSSR count). The highest BCUT2D eigenvalue weighted by atomic mass is 16.3. The van der Waals surface area contributed by atoms with Gasteiger partial charge in [-0.15, -0.1) is 0 Å². The van der Waals surface area contributed by atoms with Crippen LogP contribution in [0, 0.1) is 5.92 Å². The molecule has 1 aliphatic carbocycles. The lowest BCUT2D eigenvalue weighted by Gasteiger charge is -2.17. The Hall–Kier alpha value is -3.16. The van der Waals surface area contributed by atoms with E-state index in [1.165, 1.54) is 10.7 Å². The van der Waals surface area contributed by atoms with Gasteiger partial charge in [-0.25, -0.2) is 0 Å². The molecule has 0 bridgehead atoms. The van der Waals surface area contributed by atoms with Crippen molar-refractivity contribution in [1.82, 2.24) is 24.5 Å². The van der Waals surface area contributed by atoms with Crippen LogP contribution in [0.25, 0.3) is 16.9 Å². The molecular weight excluding hydrogens is 346 g/mol. The number of aromatic hydroxyl groups is 1. The van der Waals surface area contributed by atoms with Gasteiger partial charge in [0.05, 0.1) is 17.5 Å². The molecule has 2 N–H and O–H groups in total. The first kappa shape index (κ1) is 17.3. The summed E-state index contributed by atoms with van der Waals surface area (Å²) in [6.07, 6.45) is 4.97. The van der Waals surface area contributed by atoms with Crippen LogP contribution in [0.1, 0.15) is 37.0 Å². The van der Waals surface area contributed by atoms with Crippen molar-refractivity contribution >= 4 is 11.6 Å². The standard InChI is InChI=1S/C19H21N5O3/c1-11(2)10-23-17-13(14-5-3-4-8-20-14)9-21-24(17)19(27)15(18(23)26)16(25)22-12-6-7-12/h3-5,8-9,11-12,26H,6-7,10H2,1-2H3,(H,22,25). The Morgan fingerprint density at radius 3 is 2.78 bits per heavy atom. The van der Waals surface area contributed by atoms with Crippen LogP contribution in [0.2, 0.25) is 0 Å². The van der Waals surface area contributed by atoms with E-state index < -0.39 is 11.5 Å². The summed E-state index contributed by atoms with van der Waals surface area (Å²) in [7, 11) is 0. The third-order valence-electron chi connectivity index (χ3n) is 4.51. The van der Waals surface area contributed by atoms with Crippen LogP contribution >= 0.6 is 0 Å². The van der Waals surface area contributed by atoms with Gasteiger partial charge < -0.3 is 10.4 Å². The molecule has 3 heterocycles. The van der Waals surface area contributed by atoms with Crippen molar-refractivity contribution in [1.29, 1.82) is 0 Å². The number of rotatable bonds is 5. The molecule has 0 aromatic carbocycles. The number of carbonyl (C=O) groups excluding carboxylic acids is 1. The Bertz CT molecular complexity index is 1060. The Labute approximate surface area is 155 Å². The van der Waals surface area contributed by atoms with Gasteiger partial charge in [-0.05, 0) is 30.9 Å². The fraction of sp³-hybridized carbons (Fsp3) is 0.368. The van der Waals surface area contributed by atoms with Crippen molar-refractivity contribution in [3.05, 3.63) is 46.5 Å². The highest BCUT2D eigenvalue weighted by molar-refractivity contribution is 5.97. The molecule has 8 nitrogen and oxygen atoms in total. The molecule has 3 aromatic rings. The molecule has 0 radical (unpaired) electrons. The van der Waals surface area contributed by atoms with Gasteiger partial charge in [-0.3, -0.25) is 19.1 Å². The molecule has 8 heteroatoms. The molecule has 27 heavy (non-hydrogen) atoms. The highest BCUT2D eigenvalue weighted by Gasteiger charge is 2.30. The van der Waals surface area contributed by atoms with Crippen LogP contribution < -0.4 is 10.9 Å². The molecule has 0 aliphatic heterocycles. The molecule has 1 aliphatic rings. The molecule has 1 saturated carbocycles. The fourth-order valence-corrected chi connectivity index (χ4v) is 3.11. The van der Waals surface area contributed by atoms with Crippen LogP contribution in [0.3, 0.4) is 0 Å². The third kappa shape index (κ3) is 3.07. The zero-order valence-corrected chi connectivity index (χ0v) is 15.2. The van der Waals surface area contributed by atoms with Gasteiger partial charge in [0.15, 0.2) is 11.2 Å². The minimum absolute atomic E-state index is 0.0762. The predicted molar refractivity (Wildman–Crippen MR) is 99.7 cm³/mol. The third-order valence-corrected chi connectivity index (χ3v) is 4.51. The first-order valence-electron chi connectivity index (χ1n) is 9.03. The number of nitrogens with one attached hydrogen (secondary N) is 1. The lowest BCUT2D eigenvalue weighted by atomic mass is 10.1. The zero-order valence-electron chi connectivity index (χ0n) is 15.2. The maximum absolute atomic E-state index is 12.9. The predicted octanol–water partition coefficient (Wildman–Crippen LogP) is 1.81. The van der Waals surface area contributed by atoms with Crippen molar-refractivity contribution in [3.8, 4) is 17.1 Å². The molecule has 0 saturated heterocycles. The van der Waals surface area contributed by atoms with Crippen LogP contribution in [0.5, 0.6) is 5.88 Å². The van der Waals surface area contributed by atoms with Crippen molar-refractivity contribution in [2.45, 2.75) is 39.3 Å². The number of fused-ring (bicyclic) bond motifs is 1. The number of amides is 1. The molecule has 1 amide bonds. The summed E-state index contributed by atoms with van der Waals surface area (Å²) in [5.74, 6) is -0.723. The van der Waals surface area contributed by atoms with Gasteiger partial charge in [0.1, 0.15) is 0 Å². The van der Waals surface area contributed by atoms with Crippen LogP contribution in [-0.2, 0) is 6.54 Å². The summed E-state index contributed by atoms with van der Waals surface area (Å²) < 4.78 is 2.75. The number of pyridine rings is 1. The van der Waals surface area contributed by atoms with Crippen molar-refractivity contribution in [3.63, 3.8) is 0 Å². The lowest BCUT2D eigenvalue weighted by Crippen LogP contribution is -2.34. The van der Waals surface area contributed by atoms with Gasteiger partial charge in [0.2, 0.25) is 5.88 Å². The van der Waals surface area contributed by atoms with Crippen LogP contribution in [0.15, 0.2) is 35.4 Å². The van der Waals surface area contributed by atoms with E-state index in [1.807, 2.05) is 26.0 Å². The molecule has 0 atom stereocenters. The second-order valence-corrected chi connectivity index (χ2v) is 7.26. The lowest BCUT2D eigenvalue weighted by molar-refractivity contribution is 0.0944. The van der Waals surface area contributed by atoms with Gasteiger partial charge >= 0.3 is 0 Å². The average Bonchev–Trinajstić information content (AvgIpc) is 3.33. The smallest absolute Gasteiger partial charge is 0.291 e. The Morgan fingerprint density at radius 1 is 1.37 bits per heavy atom. The van der Waals surface area contributed by atoms with E-state index in [4.69, 9.17) is 0 Å². The number of nitrogens with zero attached hydrogens (tertiary/aromatic N) is 4. The number of carbonyl (C=O) groups is 1. The quantitative estimate of drug-likeness (QED) is 0.716. The zero-order chi connectivity index (χ0) is 19.1. The Kier molecular flexibility index (Phi) is 4.18. The minimum Gasteiger partial charge on any atom is -0.494 e. The molecule has 0 unspecified atom stereocenters. The average molecular weight is 367 g/mol. The first-order valence-corrected chi connectivity index (χ1v) is 9.03. The molecule has 1 fully saturated rings. The van der Waals surface area contributed by atoms with Crippen LogP contribution in [-0.4, -0.2) is 36.2 Å². The number of aromatic nitrogens is 4. The number of hydrogen-bond donors (Lipinski definition) is 2. The SMILES string of the molecule is CC(C)Cn1c(O)c(C(=O)NC2CC2)c(=O)n2ncc(-c3ccccn3)c12. The minimum atomic E-state index is -0.636.